The second kappa shape index (κ2) is 9.00. The summed E-state index contributed by atoms with van der Waals surface area (Å²) in [5, 5.41) is 0. The molecule has 1 atom stereocenters. The molecule has 2 aromatic rings. The Hall–Kier alpha value is -3.02. The maximum atomic E-state index is 13.7. The summed E-state index contributed by atoms with van der Waals surface area (Å²) in [4.78, 5) is 42.7. The summed E-state index contributed by atoms with van der Waals surface area (Å²) in [6.07, 6.45) is 5.82. The van der Waals surface area contributed by atoms with Crippen molar-refractivity contribution >= 4 is 23.4 Å². The number of anilines is 1. The second-order valence-corrected chi connectivity index (χ2v) is 8.44. The number of amides is 3. The van der Waals surface area contributed by atoms with Crippen molar-refractivity contribution in [2.75, 3.05) is 4.90 Å². The predicted molar refractivity (Wildman–Crippen MR) is 116 cm³/mol. The summed E-state index contributed by atoms with van der Waals surface area (Å²) in [7, 11) is 0. The van der Waals surface area contributed by atoms with E-state index in [-0.39, 0.29) is 24.3 Å². The predicted octanol–water partition coefficient (Wildman–Crippen LogP) is 4.63. The number of carbonyl (C=O) groups is 3. The quantitative estimate of drug-likeness (QED) is 0.533. The SMILES string of the molecule is Cc1ccccc1C(=O)N(C1CCCCCC1)C1CC(=O)N(c2ccc(F)cc2)C1=O. The number of hydrogen-bond donors (Lipinski definition) is 0. The first kappa shape index (κ1) is 21.2. The van der Waals surface area contributed by atoms with Gasteiger partial charge in [-0.25, -0.2) is 9.29 Å². The molecule has 0 aromatic heterocycles. The summed E-state index contributed by atoms with van der Waals surface area (Å²) in [5.41, 5.74) is 1.74. The second-order valence-electron chi connectivity index (χ2n) is 8.44. The van der Waals surface area contributed by atoms with Crippen LogP contribution in [0.5, 0.6) is 0 Å². The van der Waals surface area contributed by atoms with Crippen molar-refractivity contribution in [1.82, 2.24) is 4.90 Å². The highest BCUT2D eigenvalue weighted by atomic mass is 19.1. The van der Waals surface area contributed by atoms with Crippen LogP contribution in [0.4, 0.5) is 10.1 Å². The molecule has 6 heteroatoms. The molecule has 0 bridgehead atoms. The van der Waals surface area contributed by atoms with E-state index in [2.05, 4.69) is 0 Å². The van der Waals surface area contributed by atoms with E-state index in [0.29, 0.717) is 11.3 Å². The zero-order valence-electron chi connectivity index (χ0n) is 17.7. The molecule has 1 aliphatic heterocycles. The minimum absolute atomic E-state index is 0.0513. The van der Waals surface area contributed by atoms with Crippen molar-refractivity contribution in [2.45, 2.75) is 64.0 Å². The number of benzene rings is 2. The van der Waals surface area contributed by atoms with Gasteiger partial charge in [-0.2, -0.15) is 0 Å². The van der Waals surface area contributed by atoms with E-state index in [4.69, 9.17) is 0 Å². The Morgan fingerprint density at radius 3 is 2.26 bits per heavy atom. The maximum absolute atomic E-state index is 13.7. The van der Waals surface area contributed by atoms with Crippen LogP contribution in [0.25, 0.3) is 0 Å². The number of imide groups is 1. The topological polar surface area (TPSA) is 57.7 Å². The molecule has 1 saturated heterocycles. The molecule has 4 rings (SSSR count). The van der Waals surface area contributed by atoms with Gasteiger partial charge in [0.1, 0.15) is 11.9 Å². The van der Waals surface area contributed by atoms with E-state index in [0.717, 1.165) is 49.0 Å². The zero-order chi connectivity index (χ0) is 22.0. The van der Waals surface area contributed by atoms with Gasteiger partial charge in [0, 0.05) is 11.6 Å². The van der Waals surface area contributed by atoms with Gasteiger partial charge in [0.25, 0.3) is 11.8 Å². The van der Waals surface area contributed by atoms with Crippen LogP contribution in [0.1, 0.15) is 60.9 Å². The molecule has 5 nitrogen and oxygen atoms in total. The lowest BCUT2D eigenvalue weighted by Crippen LogP contribution is -2.51. The van der Waals surface area contributed by atoms with E-state index in [1.165, 1.54) is 24.3 Å². The molecule has 31 heavy (non-hydrogen) atoms. The summed E-state index contributed by atoms with van der Waals surface area (Å²) in [5.74, 6) is -1.41. The molecule has 162 valence electrons. The molecule has 0 N–H and O–H groups in total. The Balaban J connectivity index is 1.70. The number of aryl methyl sites for hydroxylation is 1. The first-order valence-electron chi connectivity index (χ1n) is 11.0. The Labute approximate surface area is 181 Å². The average molecular weight is 423 g/mol. The van der Waals surface area contributed by atoms with Crippen molar-refractivity contribution in [3.63, 3.8) is 0 Å². The largest absolute Gasteiger partial charge is 0.323 e. The minimum Gasteiger partial charge on any atom is -0.323 e. The molecular formula is C25H27FN2O3. The monoisotopic (exact) mass is 422 g/mol. The van der Waals surface area contributed by atoms with Crippen LogP contribution in [0.15, 0.2) is 48.5 Å². The molecule has 2 aromatic carbocycles. The van der Waals surface area contributed by atoms with Crippen molar-refractivity contribution in [3.8, 4) is 0 Å². The molecule has 1 aliphatic carbocycles. The van der Waals surface area contributed by atoms with E-state index >= 15 is 0 Å². The fourth-order valence-corrected chi connectivity index (χ4v) is 4.74. The van der Waals surface area contributed by atoms with Crippen molar-refractivity contribution < 1.29 is 18.8 Å². The molecule has 1 heterocycles. The standard InChI is InChI=1S/C25H27FN2O3/c1-17-8-6-7-11-21(17)24(30)27(19-9-4-2-3-5-10-19)22-16-23(29)28(25(22)31)20-14-12-18(26)13-15-20/h6-8,11-15,19,22H,2-5,9-10,16H2,1H3. The third-order valence-corrected chi connectivity index (χ3v) is 6.37. The zero-order valence-corrected chi connectivity index (χ0v) is 17.7. The molecule has 0 radical (unpaired) electrons. The molecular weight excluding hydrogens is 395 g/mol. The number of nitrogens with zero attached hydrogens (tertiary/aromatic N) is 2. The van der Waals surface area contributed by atoms with Gasteiger partial charge in [0.15, 0.2) is 0 Å². The summed E-state index contributed by atoms with van der Waals surface area (Å²) >= 11 is 0. The lowest BCUT2D eigenvalue weighted by Gasteiger charge is -2.35. The van der Waals surface area contributed by atoms with Crippen molar-refractivity contribution in [1.29, 1.82) is 0 Å². The molecule has 3 amide bonds. The summed E-state index contributed by atoms with van der Waals surface area (Å²) in [6, 6.07) is 11.7. The molecule has 1 unspecified atom stereocenters. The van der Waals surface area contributed by atoms with E-state index in [1.54, 1.807) is 11.0 Å². The van der Waals surface area contributed by atoms with Gasteiger partial charge in [-0.15, -0.1) is 0 Å². The van der Waals surface area contributed by atoms with Crippen LogP contribution < -0.4 is 4.90 Å². The molecule has 1 saturated carbocycles. The molecule has 2 fully saturated rings. The Morgan fingerprint density at radius 2 is 1.61 bits per heavy atom. The van der Waals surface area contributed by atoms with Gasteiger partial charge >= 0.3 is 0 Å². The van der Waals surface area contributed by atoms with Gasteiger partial charge in [-0.05, 0) is 55.7 Å². The van der Waals surface area contributed by atoms with Crippen molar-refractivity contribution in [2.24, 2.45) is 0 Å². The van der Waals surface area contributed by atoms with E-state index in [9.17, 15) is 18.8 Å². The lowest BCUT2D eigenvalue weighted by atomic mass is 10.00. The number of rotatable bonds is 4. The summed E-state index contributed by atoms with van der Waals surface area (Å²) < 4.78 is 13.3. The smallest absolute Gasteiger partial charge is 0.257 e. The Bertz CT molecular complexity index is 981. The first-order valence-corrected chi connectivity index (χ1v) is 11.0. The number of carbonyl (C=O) groups excluding carboxylic acids is 3. The Morgan fingerprint density at radius 1 is 0.968 bits per heavy atom. The lowest BCUT2D eigenvalue weighted by molar-refractivity contribution is -0.123. The number of halogens is 1. The van der Waals surface area contributed by atoms with E-state index in [1.807, 2.05) is 25.1 Å². The normalized spacial score (nSPS) is 20.1. The third kappa shape index (κ3) is 4.24. The van der Waals surface area contributed by atoms with Gasteiger partial charge < -0.3 is 4.90 Å². The van der Waals surface area contributed by atoms with Gasteiger partial charge in [0.05, 0.1) is 12.1 Å². The fourth-order valence-electron chi connectivity index (χ4n) is 4.74. The highest BCUT2D eigenvalue weighted by molar-refractivity contribution is 6.23. The highest BCUT2D eigenvalue weighted by Gasteiger charge is 2.46. The highest BCUT2D eigenvalue weighted by Crippen LogP contribution is 2.32. The maximum Gasteiger partial charge on any atom is 0.257 e. The Kier molecular flexibility index (Phi) is 6.16. The molecule has 2 aliphatic rings. The fraction of sp³-hybridized carbons (Fsp3) is 0.400. The summed E-state index contributed by atoms with van der Waals surface area (Å²) in [6.45, 7) is 1.88. The van der Waals surface area contributed by atoms with E-state index < -0.39 is 17.8 Å². The average Bonchev–Trinajstić information content (AvgIpc) is 2.92. The first-order chi connectivity index (χ1) is 15.0. The van der Waals surface area contributed by atoms with Crippen LogP contribution in [-0.4, -0.2) is 34.7 Å². The molecule has 0 spiro atoms. The van der Waals surface area contributed by atoms with Gasteiger partial charge in [0.2, 0.25) is 5.91 Å². The van der Waals surface area contributed by atoms with Crippen LogP contribution in [0.2, 0.25) is 0 Å². The van der Waals surface area contributed by atoms with Crippen LogP contribution in [0.3, 0.4) is 0 Å². The third-order valence-electron chi connectivity index (χ3n) is 6.37. The van der Waals surface area contributed by atoms with Crippen LogP contribution >= 0.6 is 0 Å². The van der Waals surface area contributed by atoms with Crippen LogP contribution in [-0.2, 0) is 9.59 Å². The minimum atomic E-state index is -0.840. The van der Waals surface area contributed by atoms with Crippen molar-refractivity contribution in [3.05, 3.63) is 65.5 Å². The van der Waals surface area contributed by atoms with Crippen LogP contribution in [0, 0.1) is 12.7 Å². The van der Waals surface area contributed by atoms with Gasteiger partial charge in [-0.1, -0.05) is 43.9 Å². The van der Waals surface area contributed by atoms with Gasteiger partial charge in [-0.3, -0.25) is 14.4 Å². The number of hydrogen-bond acceptors (Lipinski definition) is 3.